The Labute approximate surface area is 121 Å². The van der Waals surface area contributed by atoms with Crippen molar-refractivity contribution in [1.82, 2.24) is 4.98 Å². The molecule has 4 heteroatoms. The maximum atomic E-state index is 9.60. The molecule has 0 saturated heterocycles. The third kappa shape index (κ3) is 2.63. The van der Waals surface area contributed by atoms with E-state index in [9.17, 15) is 10.4 Å². The Morgan fingerprint density at radius 3 is 2.71 bits per heavy atom. The van der Waals surface area contributed by atoms with Crippen LogP contribution in [0.4, 0.5) is 0 Å². The van der Waals surface area contributed by atoms with Crippen LogP contribution in [0.25, 0.3) is 10.9 Å². The zero-order valence-corrected chi connectivity index (χ0v) is 11.4. The number of aromatic hydroxyl groups is 1. The van der Waals surface area contributed by atoms with Gasteiger partial charge in [0, 0.05) is 11.5 Å². The number of hydrogen-bond acceptors (Lipinski definition) is 4. The van der Waals surface area contributed by atoms with Crippen molar-refractivity contribution in [2.45, 2.75) is 6.92 Å². The summed E-state index contributed by atoms with van der Waals surface area (Å²) < 4.78 is 5.68. The average molecular weight is 276 g/mol. The van der Waals surface area contributed by atoms with Crippen LogP contribution in [0.3, 0.4) is 0 Å². The lowest BCUT2D eigenvalue weighted by Gasteiger charge is -2.09. The maximum absolute atomic E-state index is 9.60. The summed E-state index contributed by atoms with van der Waals surface area (Å²) in [6.07, 6.45) is 0. The third-order valence-corrected chi connectivity index (χ3v) is 3.06. The van der Waals surface area contributed by atoms with E-state index in [1.807, 2.05) is 31.2 Å². The lowest BCUT2D eigenvalue weighted by molar-refractivity contribution is 0.445. The van der Waals surface area contributed by atoms with Crippen molar-refractivity contribution in [3.05, 3.63) is 59.7 Å². The zero-order chi connectivity index (χ0) is 14.8. The Hall–Kier alpha value is -3.06. The van der Waals surface area contributed by atoms with Gasteiger partial charge in [0.1, 0.15) is 23.1 Å². The van der Waals surface area contributed by atoms with Crippen molar-refractivity contribution in [2.24, 2.45) is 0 Å². The molecule has 0 bridgehead atoms. The largest absolute Gasteiger partial charge is 0.508 e. The predicted molar refractivity (Wildman–Crippen MR) is 79.4 cm³/mol. The molecule has 0 saturated carbocycles. The minimum atomic E-state index is 0.115. The summed E-state index contributed by atoms with van der Waals surface area (Å²) in [6.45, 7) is 1.85. The molecule has 1 N–H and O–H groups in total. The van der Waals surface area contributed by atoms with Crippen LogP contribution < -0.4 is 4.74 Å². The van der Waals surface area contributed by atoms with Crippen LogP contribution >= 0.6 is 0 Å². The molecule has 2 aromatic carbocycles. The van der Waals surface area contributed by atoms with Crippen molar-refractivity contribution in [1.29, 1.82) is 5.26 Å². The van der Waals surface area contributed by atoms with Gasteiger partial charge in [-0.3, -0.25) is 0 Å². The van der Waals surface area contributed by atoms with Gasteiger partial charge in [-0.15, -0.1) is 0 Å². The highest BCUT2D eigenvalue weighted by Crippen LogP contribution is 2.29. The molecule has 0 aliphatic carbocycles. The van der Waals surface area contributed by atoms with Gasteiger partial charge in [-0.2, -0.15) is 5.26 Å². The minimum absolute atomic E-state index is 0.115. The number of phenolic OH excluding ortho intramolecular Hbond substituents is 1. The molecule has 0 spiro atoms. The molecule has 3 rings (SSSR count). The average Bonchev–Trinajstić information content (AvgIpc) is 2.45. The number of para-hydroxylation sites is 1. The van der Waals surface area contributed by atoms with Crippen LogP contribution in [0.1, 0.15) is 11.1 Å². The zero-order valence-electron chi connectivity index (χ0n) is 11.4. The molecule has 0 amide bonds. The highest BCUT2D eigenvalue weighted by Gasteiger charge is 2.10. The van der Waals surface area contributed by atoms with Crippen molar-refractivity contribution in [3.8, 4) is 23.4 Å². The maximum Gasteiger partial charge on any atom is 0.237 e. The third-order valence-electron chi connectivity index (χ3n) is 3.06. The minimum Gasteiger partial charge on any atom is -0.508 e. The number of nitrogens with zero attached hydrogens (tertiary/aromatic N) is 2. The molecule has 0 fully saturated rings. The lowest BCUT2D eigenvalue weighted by atomic mass is 10.1. The van der Waals surface area contributed by atoms with E-state index in [0.717, 1.165) is 16.5 Å². The fourth-order valence-corrected chi connectivity index (χ4v) is 2.16. The number of nitriles is 1. The number of fused-ring (bicyclic) bond motifs is 1. The Kier molecular flexibility index (Phi) is 3.17. The summed E-state index contributed by atoms with van der Waals surface area (Å²) in [5.41, 5.74) is 1.97. The van der Waals surface area contributed by atoms with Crippen molar-refractivity contribution in [2.75, 3.05) is 0 Å². The van der Waals surface area contributed by atoms with Gasteiger partial charge in [0.15, 0.2) is 0 Å². The topological polar surface area (TPSA) is 66.1 Å². The first kappa shape index (κ1) is 12.9. The van der Waals surface area contributed by atoms with Gasteiger partial charge in [-0.1, -0.05) is 18.2 Å². The Balaban J connectivity index is 2.09. The second-order valence-corrected chi connectivity index (χ2v) is 4.75. The van der Waals surface area contributed by atoms with Gasteiger partial charge in [-0.25, -0.2) is 4.98 Å². The quantitative estimate of drug-likeness (QED) is 0.770. The second kappa shape index (κ2) is 5.14. The van der Waals surface area contributed by atoms with Crippen LogP contribution in [0.5, 0.6) is 17.4 Å². The molecule has 0 atom stereocenters. The molecule has 0 aliphatic heterocycles. The molecule has 0 radical (unpaired) electrons. The molecular formula is C17H12N2O2. The molecule has 3 aromatic rings. The number of hydrogen-bond donors (Lipinski definition) is 1. The van der Waals surface area contributed by atoms with E-state index < -0.39 is 0 Å². The monoisotopic (exact) mass is 276 g/mol. The smallest absolute Gasteiger partial charge is 0.237 e. The standard InChI is InChI=1S/C17H12N2O2/c1-11-6-14(20)9-15(7-11)21-17-13(10-18)8-12-4-2-3-5-16(12)19-17/h2-9,20H,1H3. The normalized spacial score (nSPS) is 10.3. The van der Waals surface area contributed by atoms with E-state index in [4.69, 9.17) is 4.74 Å². The molecule has 0 aliphatic rings. The number of benzene rings is 2. The summed E-state index contributed by atoms with van der Waals surface area (Å²) >= 11 is 0. The van der Waals surface area contributed by atoms with Gasteiger partial charge in [-0.05, 0) is 36.8 Å². The van der Waals surface area contributed by atoms with Crippen LogP contribution in [0.2, 0.25) is 0 Å². The fraction of sp³-hybridized carbons (Fsp3) is 0.0588. The number of aromatic nitrogens is 1. The SMILES string of the molecule is Cc1cc(O)cc(Oc2nc3ccccc3cc2C#N)c1. The second-order valence-electron chi connectivity index (χ2n) is 4.75. The summed E-state index contributed by atoms with van der Waals surface area (Å²) in [5, 5.41) is 19.7. The Bertz CT molecular complexity index is 846. The van der Waals surface area contributed by atoms with Crippen LogP contribution in [-0.4, -0.2) is 10.1 Å². The highest BCUT2D eigenvalue weighted by atomic mass is 16.5. The highest BCUT2D eigenvalue weighted by molar-refractivity contribution is 5.81. The van der Waals surface area contributed by atoms with E-state index >= 15 is 0 Å². The number of rotatable bonds is 2. The number of pyridine rings is 1. The fourth-order valence-electron chi connectivity index (χ4n) is 2.16. The summed E-state index contributed by atoms with van der Waals surface area (Å²) in [5.74, 6) is 0.803. The van der Waals surface area contributed by atoms with Gasteiger partial charge in [0.2, 0.25) is 5.88 Å². The predicted octanol–water partition coefficient (Wildman–Crippen LogP) is 3.91. The van der Waals surface area contributed by atoms with Crippen molar-refractivity contribution < 1.29 is 9.84 Å². The van der Waals surface area contributed by atoms with Gasteiger partial charge in [0.25, 0.3) is 0 Å². The summed E-state index contributed by atoms with van der Waals surface area (Å²) in [6, 6.07) is 16.3. The first-order valence-corrected chi connectivity index (χ1v) is 6.44. The summed E-state index contributed by atoms with van der Waals surface area (Å²) in [4.78, 5) is 4.37. The van der Waals surface area contributed by atoms with Gasteiger partial charge < -0.3 is 9.84 Å². The van der Waals surface area contributed by atoms with E-state index in [1.165, 1.54) is 6.07 Å². The molecule has 4 nitrogen and oxygen atoms in total. The number of phenols is 1. The van der Waals surface area contributed by atoms with Crippen molar-refractivity contribution >= 4 is 10.9 Å². The Morgan fingerprint density at radius 2 is 1.95 bits per heavy atom. The van der Waals surface area contributed by atoms with Crippen LogP contribution in [-0.2, 0) is 0 Å². The van der Waals surface area contributed by atoms with Crippen LogP contribution in [0, 0.1) is 18.3 Å². The number of ether oxygens (including phenoxy) is 1. The molecule has 1 heterocycles. The van der Waals surface area contributed by atoms with Gasteiger partial charge >= 0.3 is 0 Å². The van der Waals surface area contributed by atoms with Crippen molar-refractivity contribution in [3.63, 3.8) is 0 Å². The molecular weight excluding hydrogens is 264 g/mol. The van der Waals surface area contributed by atoms with E-state index in [-0.39, 0.29) is 11.6 Å². The lowest BCUT2D eigenvalue weighted by Crippen LogP contribution is -1.93. The molecule has 1 aromatic heterocycles. The number of aryl methyl sites for hydroxylation is 1. The Morgan fingerprint density at radius 1 is 1.14 bits per heavy atom. The van der Waals surface area contributed by atoms with E-state index in [0.29, 0.717) is 11.3 Å². The first-order valence-electron chi connectivity index (χ1n) is 6.44. The molecule has 21 heavy (non-hydrogen) atoms. The van der Waals surface area contributed by atoms with Crippen LogP contribution in [0.15, 0.2) is 48.5 Å². The van der Waals surface area contributed by atoms with Gasteiger partial charge in [0.05, 0.1) is 5.52 Å². The molecule has 102 valence electrons. The summed E-state index contributed by atoms with van der Waals surface area (Å²) in [7, 11) is 0. The van der Waals surface area contributed by atoms with E-state index in [2.05, 4.69) is 11.1 Å². The van der Waals surface area contributed by atoms with E-state index in [1.54, 1.807) is 18.2 Å². The molecule has 0 unspecified atom stereocenters. The first-order chi connectivity index (χ1) is 10.2.